The molecule has 7 nitrogen and oxygen atoms in total. The largest absolute Gasteiger partial charge is 0.384 e. The fourth-order valence-electron chi connectivity index (χ4n) is 4.79. The first-order chi connectivity index (χ1) is 16.7. The van der Waals surface area contributed by atoms with Crippen molar-refractivity contribution in [2.45, 2.75) is 70.6 Å². The topological polar surface area (TPSA) is 85.0 Å². The zero-order chi connectivity index (χ0) is 26.2. The number of halogens is 2. The van der Waals surface area contributed by atoms with Crippen LogP contribution in [0.4, 0.5) is 14.6 Å². The lowest BCUT2D eigenvalue weighted by Gasteiger charge is -2.30. The smallest absolute Gasteiger partial charge is 0.329 e. The van der Waals surface area contributed by atoms with Crippen molar-refractivity contribution in [3.05, 3.63) is 63.7 Å². The maximum absolute atomic E-state index is 14.8. The predicted octanol–water partition coefficient (Wildman–Crippen LogP) is 5.14. The molecule has 2 aromatic heterocycles. The standard InChI is InChI=1S/C27H31F2N5O2/c1-15(17-8-7-9-18(12-17)27(28,29)25(3,4)36)30-23-20-14-22-21(13-19(20)16(2)31-32-23)33(6)24(35)34(22)26(5)10-11-26/h7-9,12-15,36H,10-11H2,1-6H3,(H,30,32)/t15-/m1/s1. The molecule has 9 heteroatoms. The van der Waals surface area contributed by atoms with Gasteiger partial charge in [-0.25, -0.2) is 4.79 Å². The summed E-state index contributed by atoms with van der Waals surface area (Å²) in [6.07, 6.45) is 1.90. The summed E-state index contributed by atoms with van der Waals surface area (Å²) in [5.74, 6) is -2.91. The van der Waals surface area contributed by atoms with E-state index >= 15 is 0 Å². The average Bonchev–Trinajstić information content (AvgIpc) is 3.51. The minimum Gasteiger partial charge on any atom is -0.384 e. The van der Waals surface area contributed by atoms with Crippen LogP contribution in [-0.4, -0.2) is 30.0 Å². The highest BCUT2D eigenvalue weighted by Crippen LogP contribution is 2.44. The van der Waals surface area contributed by atoms with E-state index in [1.807, 2.05) is 30.5 Å². The number of hydrogen-bond acceptors (Lipinski definition) is 5. The molecule has 0 amide bonds. The van der Waals surface area contributed by atoms with Crippen molar-refractivity contribution in [1.29, 1.82) is 0 Å². The molecule has 0 radical (unpaired) electrons. The van der Waals surface area contributed by atoms with Crippen LogP contribution in [-0.2, 0) is 18.5 Å². The maximum atomic E-state index is 14.8. The number of imidazole rings is 1. The Hall–Kier alpha value is -3.33. The van der Waals surface area contributed by atoms with E-state index < -0.39 is 11.5 Å². The monoisotopic (exact) mass is 495 g/mol. The maximum Gasteiger partial charge on any atom is 0.329 e. The minimum absolute atomic E-state index is 0.0497. The molecule has 0 spiro atoms. The molecule has 1 aliphatic carbocycles. The first kappa shape index (κ1) is 24.4. The SMILES string of the molecule is Cc1nnc(N[C@H](C)c2cccc(C(F)(F)C(C)(C)O)c2)c2cc3c(cc12)n(C)c(=O)n3C1(C)CC1. The molecule has 1 fully saturated rings. The Labute approximate surface area is 207 Å². The van der Waals surface area contributed by atoms with E-state index in [4.69, 9.17) is 0 Å². The number of aliphatic hydroxyl groups is 1. The van der Waals surface area contributed by atoms with Gasteiger partial charge in [0.05, 0.1) is 22.8 Å². The molecule has 36 heavy (non-hydrogen) atoms. The van der Waals surface area contributed by atoms with Gasteiger partial charge >= 0.3 is 11.6 Å². The lowest BCUT2D eigenvalue weighted by molar-refractivity contribution is -0.168. The third kappa shape index (κ3) is 3.68. The molecule has 5 rings (SSSR count). The number of hydrogen-bond donors (Lipinski definition) is 2. The Morgan fingerprint density at radius 1 is 1.11 bits per heavy atom. The van der Waals surface area contributed by atoms with Crippen LogP contribution in [0, 0.1) is 6.92 Å². The van der Waals surface area contributed by atoms with Crippen molar-refractivity contribution in [3.8, 4) is 0 Å². The summed E-state index contributed by atoms with van der Waals surface area (Å²) in [5.41, 5.74) is 0.329. The van der Waals surface area contributed by atoms with Gasteiger partial charge in [-0.2, -0.15) is 13.9 Å². The Morgan fingerprint density at radius 3 is 2.42 bits per heavy atom. The van der Waals surface area contributed by atoms with Gasteiger partial charge in [-0.05, 0) is 71.2 Å². The molecular formula is C27H31F2N5O2. The van der Waals surface area contributed by atoms with Gasteiger partial charge in [-0.1, -0.05) is 18.2 Å². The van der Waals surface area contributed by atoms with Crippen molar-refractivity contribution in [1.82, 2.24) is 19.3 Å². The van der Waals surface area contributed by atoms with E-state index in [2.05, 4.69) is 22.4 Å². The van der Waals surface area contributed by atoms with Gasteiger partial charge in [0.1, 0.15) is 5.60 Å². The van der Waals surface area contributed by atoms with Gasteiger partial charge in [0.25, 0.3) is 0 Å². The van der Waals surface area contributed by atoms with E-state index in [1.165, 1.54) is 12.1 Å². The number of aromatic nitrogens is 4. The van der Waals surface area contributed by atoms with Crippen LogP contribution in [0.1, 0.15) is 63.4 Å². The number of alkyl halides is 2. The fourth-order valence-corrected chi connectivity index (χ4v) is 4.79. The first-order valence-corrected chi connectivity index (χ1v) is 12.1. The normalized spacial score (nSPS) is 16.5. The van der Waals surface area contributed by atoms with Crippen LogP contribution in [0.2, 0.25) is 0 Å². The molecule has 0 bridgehead atoms. The van der Waals surface area contributed by atoms with Crippen LogP contribution in [0.5, 0.6) is 0 Å². The van der Waals surface area contributed by atoms with Crippen molar-refractivity contribution in [3.63, 3.8) is 0 Å². The lowest BCUT2D eigenvalue weighted by atomic mass is 9.91. The third-order valence-corrected chi connectivity index (χ3v) is 7.52. The molecular weight excluding hydrogens is 464 g/mol. The van der Waals surface area contributed by atoms with E-state index in [1.54, 1.807) is 23.7 Å². The van der Waals surface area contributed by atoms with Gasteiger partial charge < -0.3 is 10.4 Å². The summed E-state index contributed by atoms with van der Waals surface area (Å²) < 4.78 is 33.1. The van der Waals surface area contributed by atoms with Crippen molar-refractivity contribution in [2.24, 2.45) is 7.05 Å². The zero-order valence-electron chi connectivity index (χ0n) is 21.4. The van der Waals surface area contributed by atoms with E-state index in [0.29, 0.717) is 11.4 Å². The molecule has 2 heterocycles. The van der Waals surface area contributed by atoms with Gasteiger partial charge in [0, 0.05) is 28.9 Å². The highest BCUT2D eigenvalue weighted by Gasteiger charge is 2.47. The van der Waals surface area contributed by atoms with E-state index in [9.17, 15) is 18.7 Å². The molecule has 0 saturated heterocycles. The van der Waals surface area contributed by atoms with Crippen LogP contribution >= 0.6 is 0 Å². The van der Waals surface area contributed by atoms with Crippen molar-refractivity contribution < 1.29 is 13.9 Å². The minimum atomic E-state index is -3.42. The quantitative estimate of drug-likeness (QED) is 0.387. The molecule has 2 aromatic carbocycles. The molecule has 2 N–H and O–H groups in total. The van der Waals surface area contributed by atoms with Gasteiger partial charge in [0.15, 0.2) is 5.82 Å². The summed E-state index contributed by atoms with van der Waals surface area (Å²) in [5, 5.41) is 23.7. The van der Waals surface area contributed by atoms with E-state index in [-0.39, 0.29) is 22.8 Å². The second-order valence-corrected chi connectivity index (χ2v) is 10.8. The molecule has 1 saturated carbocycles. The Morgan fingerprint density at radius 2 is 1.78 bits per heavy atom. The molecule has 0 aliphatic heterocycles. The average molecular weight is 496 g/mol. The second kappa shape index (κ2) is 7.83. The summed E-state index contributed by atoms with van der Waals surface area (Å²) in [6.45, 7) is 8.01. The van der Waals surface area contributed by atoms with Crippen molar-refractivity contribution >= 4 is 27.6 Å². The summed E-state index contributed by atoms with van der Waals surface area (Å²) in [6, 6.07) is 9.61. The van der Waals surface area contributed by atoms with Crippen LogP contribution in [0.15, 0.2) is 41.2 Å². The first-order valence-electron chi connectivity index (χ1n) is 12.1. The highest BCUT2D eigenvalue weighted by molar-refractivity contribution is 6.01. The highest BCUT2D eigenvalue weighted by atomic mass is 19.3. The van der Waals surface area contributed by atoms with Gasteiger partial charge in [-0.15, -0.1) is 5.10 Å². The molecule has 1 aliphatic rings. The molecule has 190 valence electrons. The zero-order valence-corrected chi connectivity index (χ0v) is 21.4. The number of aryl methyl sites for hydroxylation is 2. The molecule has 1 atom stereocenters. The number of rotatable bonds is 6. The van der Waals surface area contributed by atoms with E-state index in [0.717, 1.165) is 54.2 Å². The third-order valence-electron chi connectivity index (χ3n) is 7.52. The number of fused-ring (bicyclic) bond motifs is 2. The Balaban J connectivity index is 1.59. The fraction of sp³-hybridized carbons (Fsp3) is 0.444. The predicted molar refractivity (Wildman–Crippen MR) is 137 cm³/mol. The Kier molecular flexibility index (Phi) is 5.30. The van der Waals surface area contributed by atoms with Crippen LogP contribution in [0.3, 0.4) is 0 Å². The summed E-state index contributed by atoms with van der Waals surface area (Å²) in [7, 11) is 1.78. The summed E-state index contributed by atoms with van der Waals surface area (Å²) >= 11 is 0. The summed E-state index contributed by atoms with van der Waals surface area (Å²) in [4.78, 5) is 13.1. The number of anilines is 1. The van der Waals surface area contributed by atoms with Crippen molar-refractivity contribution in [2.75, 3.05) is 5.32 Å². The molecule has 4 aromatic rings. The van der Waals surface area contributed by atoms with Crippen LogP contribution in [0.25, 0.3) is 21.8 Å². The van der Waals surface area contributed by atoms with Gasteiger partial charge in [0.2, 0.25) is 0 Å². The lowest BCUT2D eigenvalue weighted by Crippen LogP contribution is -2.40. The Bertz CT molecular complexity index is 1560. The number of nitrogens with one attached hydrogen (secondary N) is 1. The molecule has 0 unspecified atom stereocenters. The second-order valence-electron chi connectivity index (χ2n) is 10.8. The number of benzene rings is 2. The van der Waals surface area contributed by atoms with Gasteiger partial charge in [-0.3, -0.25) is 9.13 Å². The van der Waals surface area contributed by atoms with Crippen LogP contribution < -0.4 is 11.0 Å². The number of nitrogens with zero attached hydrogens (tertiary/aromatic N) is 4.